The van der Waals surface area contributed by atoms with Crippen molar-refractivity contribution < 1.29 is 48.7 Å². The quantitative estimate of drug-likeness (QED) is 0.575. The minimum Gasteiger partial charge on any atom is -0.507 e. The Morgan fingerprint density at radius 2 is 1.94 bits per heavy atom. The third-order valence-corrected chi connectivity index (χ3v) is 5.84. The van der Waals surface area contributed by atoms with Gasteiger partial charge in [-0.15, -0.1) is 0 Å². The number of phenolic OH excluding ortho intramolecular Hbond substituents is 1. The molecule has 0 aromatic heterocycles. The van der Waals surface area contributed by atoms with Gasteiger partial charge in [-0.1, -0.05) is 12.1 Å². The molecule has 3 N–H and O–H groups in total. The first-order valence-electron chi connectivity index (χ1n) is 10.1. The zero-order valence-electron chi connectivity index (χ0n) is 17.4. The summed E-state index contributed by atoms with van der Waals surface area (Å²) in [7, 11) is 0. The van der Waals surface area contributed by atoms with Gasteiger partial charge in [0.2, 0.25) is 5.79 Å². The lowest BCUT2D eigenvalue weighted by Crippen LogP contribution is -2.65. The lowest BCUT2D eigenvalue weighted by Gasteiger charge is -2.51. The molecule has 0 bridgehead atoms. The zero-order chi connectivity index (χ0) is 23.4. The average molecular weight is 446 g/mol. The number of aliphatic carboxylic acids is 1. The van der Waals surface area contributed by atoms with Gasteiger partial charge in [0.1, 0.15) is 18.0 Å². The van der Waals surface area contributed by atoms with Crippen molar-refractivity contribution >= 4 is 23.5 Å². The number of carbonyl (C=O) groups is 4. The van der Waals surface area contributed by atoms with Crippen molar-refractivity contribution in [3.8, 4) is 5.75 Å². The summed E-state index contributed by atoms with van der Waals surface area (Å²) in [5.74, 6) is -5.95. The van der Waals surface area contributed by atoms with Gasteiger partial charge >= 0.3 is 11.9 Å². The molecule has 4 rings (SSSR count). The maximum absolute atomic E-state index is 13.5. The summed E-state index contributed by atoms with van der Waals surface area (Å²) >= 11 is 0. The SMILES string of the molecule is CC(=O)O[C@H]1C[C@H](C)O[C@@]2(O[C@@H](CC(=O)O)CC3=C2C(=O)c2c(O)cccc2C3=O)[C@H]1O. The number of esters is 1. The van der Waals surface area contributed by atoms with E-state index in [-0.39, 0.29) is 35.1 Å². The van der Waals surface area contributed by atoms with Crippen LogP contribution in [0.25, 0.3) is 0 Å². The number of aromatic hydroxyl groups is 1. The molecule has 5 atom stereocenters. The second-order valence-electron chi connectivity index (χ2n) is 8.18. The topological polar surface area (TPSA) is 157 Å². The minimum atomic E-state index is -2.25. The predicted molar refractivity (Wildman–Crippen MR) is 105 cm³/mol. The molecule has 3 aliphatic rings. The molecule has 1 aromatic rings. The number of hydrogen-bond acceptors (Lipinski definition) is 9. The monoisotopic (exact) mass is 446 g/mol. The Kier molecular flexibility index (Phi) is 5.40. The molecule has 0 amide bonds. The van der Waals surface area contributed by atoms with Gasteiger partial charge in [0.25, 0.3) is 0 Å². The number of carbonyl (C=O) groups excluding carboxylic acids is 3. The van der Waals surface area contributed by atoms with Gasteiger partial charge in [0.05, 0.1) is 29.8 Å². The Bertz CT molecular complexity index is 1060. The molecular weight excluding hydrogens is 424 g/mol. The molecule has 170 valence electrons. The van der Waals surface area contributed by atoms with Gasteiger partial charge in [-0.05, 0) is 13.0 Å². The molecule has 1 spiro atoms. The molecule has 0 radical (unpaired) electrons. The number of rotatable bonds is 3. The summed E-state index contributed by atoms with van der Waals surface area (Å²) in [5, 5.41) is 30.8. The number of Topliss-reactive ketones (excluding diaryl/α,β-unsaturated/α-hetero) is 2. The van der Waals surface area contributed by atoms with Crippen LogP contribution < -0.4 is 0 Å². The summed E-state index contributed by atoms with van der Waals surface area (Å²) in [4.78, 5) is 49.8. The van der Waals surface area contributed by atoms with Crippen LogP contribution in [0.5, 0.6) is 5.75 Å². The summed E-state index contributed by atoms with van der Waals surface area (Å²) in [6.45, 7) is 2.76. The highest BCUT2D eigenvalue weighted by Crippen LogP contribution is 2.49. The Morgan fingerprint density at radius 3 is 2.59 bits per heavy atom. The van der Waals surface area contributed by atoms with Crippen molar-refractivity contribution in [1.82, 2.24) is 0 Å². The summed E-state index contributed by atoms with van der Waals surface area (Å²) in [6, 6.07) is 4.05. The lowest BCUT2D eigenvalue weighted by atomic mass is 9.73. The van der Waals surface area contributed by atoms with Crippen LogP contribution >= 0.6 is 0 Å². The molecule has 32 heavy (non-hydrogen) atoms. The fourth-order valence-electron chi connectivity index (χ4n) is 4.70. The fourth-order valence-corrected chi connectivity index (χ4v) is 4.70. The van der Waals surface area contributed by atoms with Crippen LogP contribution in [0.2, 0.25) is 0 Å². The van der Waals surface area contributed by atoms with Gasteiger partial charge in [-0.25, -0.2) is 0 Å². The Balaban J connectivity index is 1.92. The van der Waals surface area contributed by atoms with Crippen LogP contribution in [0.3, 0.4) is 0 Å². The predicted octanol–water partition coefficient (Wildman–Crippen LogP) is 1.13. The number of carboxylic acid groups (broad SMARTS) is 1. The standard InChI is InChI=1S/C22H22O10/c1-9-6-15(30-10(2)23)21(29)22(31-9)18-13(7-11(32-22)8-16(25)26)19(27)12-4-3-5-14(24)17(12)20(18)28/h3-5,9,11,15,21,24,29H,6-8H2,1-2H3,(H,25,26)/t9-,11+,15-,21-,22-/m0/s1. The fraction of sp³-hybridized carbons (Fsp3) is 0.455. The number of carboxylic acids is 1. The highest BCUT2D eigenvalue weighted by atomic mass is 16.7. The van der Waals surface area contributed by atoms with Gasteiger partial charge in [0, 0.05) is 30.9 Å². The number of hydrogen-bond donors (Lipinski definition) is 3. The van der Waals surface area contributed by atoms with E-state index in [1.54, 1.807) is 6.92 Å². The molecule has 10 nitrogen and oxygen atoms in total. The molecule has 10 heteroatoms. The van der Waals surface area contributed by atoms with E-state index in [1.165, 1.54) is 18.2 Å². The maximum atomic E-state index is 13.5. The first-order valence-corrected chi connectivity index (χ1v) is 10.1. The van der Waals surface area contributed by atoms with Crippen LogP contribution in [-0.2, 0) is 23.8 Å². The van der Waals surface area contributed by atoms with Crippen LogP contribution in [0.4, 0.5) is 0 Å². The Morgan fingerprint density at radius 1 is 1.22 bits per heavy atom. The number of aliphatic hydroxyl groups is 1. The van der Waals surface area contributed by atoms with Crippen LogP contribution in [0, 0.1) is 0 Å². The number of phenols is 1. The molecule has 1 aliphatic carbocycles. The third-order valence-electron chi connectivity index (χ3n) is 5.84. The van der Waals surface area contributed by atoms with E-state index in [9.17, 15) is 34.5 Å². The van der Waals surface area contributed by atoms with Crippen molar-refractivity contribution in [3.05, 3.63) is 40.5 Å². The van der Waals surface area contributed by atoms with E-state index in [4.69, 9.17) is 14.2 Å². The highest BCUT2D eigenvalue weighted by Gasteiger charge is 2.61. The number of ether oxygens (including phenoxy) is 3. The summed E-state index contributed by atoms with van der Waals surface area (Å²) in [6.07, 6.45) is -5.28. The van der Waals surface area contributed by atoms with Crippen molar-refractivity contribution in [2.24, 2.45) is 0 Å². The van der Waals surface area contributed by atoms with Gasteiger partial charge in [-0.2, -0.15) is 0 Å². The molecular formula is C22H22O10. The van der Waals surface area contributed by atoms with Gasteiger partial charge in [0.15, 0.2) is 11.6 Å². The molecule has 2 heterocycles. The third kappa shape index (κ3) is 3.40. The van der Waals surface area contributed by atoms with E-state index in [0.29, 0.717) is 0 Å². The summed E-state index contributed by atoms with van der Waals surface area (Å²) < 4.78 is 17.1. The van der Waals surface area contributed by atoms with Crippen LogP contribution in [0.15, 0.2) is 29.3 Å². The van der Waals surface area contributed by atoms with Gasteiger partial charge in [-0.3, -0.25) is 19.2 Å². The summed E-state index contributed by atoms with van der Waals surface area (Å²) in [5.41, 5.74) is -0.654. The van der Waals surface area contributed by atoms with Gasteiger partial charge < -0.3 is 29.5 Å². The number of ketones is 2. The van der Waals surface area contributed by atoms with Crippen molar-refractivity contribution in [2.45, 2.75) is 63.3 Å². The number of benzene rings is 1. The maximum Gasteiger partial charge on any atom is 0.305 e. The average Bonchev–Trinajstić information content (AvgIpc) is 2.68. The number of aliphatic hydroxyl groups excluding tert-OH is 1. The molecule has 2 aliphatic heterocycles. The van der Waals surface area contributed by atoms with E-state index in [0.717, 1.165) is 6.92 Å². The zero-order valence-corrected chi connectivity index (χ0v) is 17.4. The van der Waals surface area contributed by atoms with E-state index in [1.807, 2.05) is 0 Å². The molecule has 0 unspecified atom stereocenters. The molecule has 0 saturated carbocycles. The van der Waals surface area contributed by atoms with Crippen molar-refractivity contribution in [2.75, 3.05) is 0 Å². The second kappa shape index (κ2) is 7.80. The van der Waals surface area contributed by atoms with Crippen LogP contribution in [-0.4, -0.2) is 69.0 Å². The first kappa shape index (κ1) is 22.1. The second-order valence-corrected chi connectivity index (χ2v) is 8.18. The van der Waals surface area contributed by atoms with Crippen molar-refractivity contribution in [1.29, 1.82) is 0 Å². The van der Waals surface area contributed by atoms with Crippen LogP contribution in [0.1, 0.15) is 53.8 Å². The van der Waals surface area contributed by atoms with E-state index < -0.39 is 65.9 Å². The van der Waals surface area contributed by atoms with E-state index in [2.05, 4.69) is 0 Å². The van der Waals surface area contributed by atoms with E-state index >= 15 is 0 Å². The molecule has 1 aromatic carbocycles. The normalized spacial score (nSPS) is 31.8. The molecule has 1 saturated heterocycles. The lowest BCUT2D eigenvalue weighted by molar-refractivity contribution is -0.334. The number of fused-ring (bicyclic) bond motifs is 2. The Hall–Kier alpha value is -3.08. The largest absolute Gasteiger partial charge is 0.507 e. The minimum absolute atomic E-state index is 0.0326. The first-order chi connectivity index (χ1) is 15.0. The highest BCUT2D eigenvalue weighted by molar-refractivity contribution is 6.28. The Labute approximate surface area is 182 Å². The smallest absolute Gasteiger partial charge is 0.305 e. The molecule has 1 fully saturated rings. The van der Waals surface area contributed by atoms with Crippen molar-refractivity contribution in [3.63, 3.8) is 0 Å².